The van der Waals surface area contributed by atoms with E-state index in [9.17, 15) is 14.4 Å². The molecule has 0 saturated carbocycles. The largest absolute Gasteiger partial charge is 0.344 e. The van der Waals surface area contributed by atoms with Gasteiger partial charge in [0, 0.05) is 24.9 Å². The SMILES string of the molecule is O=CC1CC(C=O)CN(C=O)C1. The molecule has 0 aromatic rings. The molecule has 1 aliphatic rings. The van der Waals surface area contributed by atoms with Gasteiger partial charge >= 0.3 is 0 Å². The predicted molar refractivity (Wildman–Crippen MR) is 41.4 cm³/mol. The standard InChI is InChI=1S/C8H11NO3/c10-4-7-1-8(5-11)3-9(2-7)6-12/h4-8H,1-3H2. The lowest BCUT2D eigenvalue weighted by Crippen LogP contribution is -2.40. The van der Waals surface area contributed by atoms with E-state index in [-0.39, 0.29) is 11.8 Å². The number of amides is 1. The molecule has 12 heavy (non-hydrogen) atoms. The summed E-state index contributed by atoms with van der Waals surface area (Å²) in [7, 11) is 0. The number of hydrogen-bond acceptors (Lipinski definition) is 3. The number of hydrogen-bond donors (Lipinski definition) is 0. The van der Waals surface area contributed by atoms with Crippen LogP contribution in [0.4, 0.5) is 0 Å². The first-order chi connectivity index (χ1) is 5.80. The Hall–Kier alpha value is -1.19. The average Bonchev–Trinajstić information content (AvgIpc) is 2.16. The van der Waals surface area contributed by atoms with Gasteiger partial charge in [0.2, 0.25) is 6.41 Å². The maximum atomic E-state index is 10.4. The number of piperidine rings is 1. The van der Waals surface area contributed by atoms with Gasteiger partial charge in [0.05, 0.1) is 0 Å². The maximum absolute atomic E-state index is 10.4. The molecule has 2 unspecified atom stereocenters. The lowest BCUT2D eigenvalue weighted by atomic mass is 9.91. The molecule has 0 spiro atoms. The fourth-order valence-electron chi connectivity index (χ4n) is 1.50. The highest BCUT2D eigenvalue weighted by atomic mass is 16.1. The number of carbonyl (C=O) groups is 3. The van der Waals surface area contributed by atoms with E-state index in [1.807, 2.05) is 0 Å². The second-order valence-corrected chi connectivity index (χ2v) is 3.09. The Kier molecular flexibility index (Phi) is 2.96. The Labute approximate surface area is 70.5 Å². The Balaban J connectivity index is 2.57. The highest BCUT2D eigenvalue weighted by molar-refractivity contribution is 5.61. The van der Waals surface area contributed by atoms with Crippen molar-refractivity contribution in [2.24, 2.45) is 11.8 Å². The molecule has 4 nitrogen and oxygen atoms in total. The molecule has 0 radical (unpaired) electrons. The molecule has 0 bridgehead atoms. The fraction of sp³-hybridized carbons (Fsp3) is 0.625. The topological polar surface area (TPSA) is 54.5 Å². The third kappa shape index (κ3) is 1.90. The van der Waals surface area contributed by atoms with E-state index < -0.39 is 0 Å². The van der Waals surface area contributed by atoms with Crippen molar-refractivity contribution in [2.75, 3.05) is 13.1 Å². The third-order valence-corrected chi connectivity index (χ3v) is 2.08. The zero-order valence-corrected chi connectivity index (χ0v) is 6.68. The number of likely N-dealkylation sites (tertiary alicyclic amines) is 1. The summed E-state index contributed by atoms with van der Waals surface area (Å²) in [5.41, 5.74) is 0. The molecule has 1 saturated heterocycles. The average molecular weight is 169 g/mol. The van der Waals surface area contributed by atoms with Crippen LogP contribution in [0.5, 0.6) is 0 Å². The van der Waals surface area contributed by atoms with Crippen molar-refractivity contribution in [3.8, 4) is 0 Å². The molecule has 66 valence electrons. The van der Waals surface area contributed by atoms with Gasteiger partial charge in [-0.2, -0.15) is 0 Å². The van der Waals surface area contributed by atoms with Gasteiger partial charge in [-0.3, -0.25) is 4.79 Å². The Bertz CT molecular complexity index is 153. The first kappa shape index (κ1) is 8.90. The molecule has 1 aliphatic heterocycles. The van der Waals surface area contributed by atoms with Crippen LogP contribution in [0.1, 0.15) is 6.42 Å². The summed E-state index contributed by atoms with van der Waals surface area (Å²) < 4.78 is 0. The summed E-state index contributed by atoms with van der Waals surface area (Å²) in [4.78, 5) is 32.7. The zero-order chi connectivity index (χ0) is 8.97. The van der Waals surface area contributed by atoms with E-state index >= 15 is 0 Å². The Morgan fingerprint density at radius 1 is 1.00 bits per heavy atom. The van der Waals surface area contributed by atoms with E-state index in [1.54, 1.807) is 0 Å². The van der Waals surface area contributed by atoms with Crippen LogP contribution in [-0.2, 0) is 14.4 Å². The molecule has 1 amide bonds. The second kappa shape index (κ2) is 3.99. The Morgan fingerprint density at radius 3 is 1.83 bits per heavy atom. The number of rotatable bonds is 3. The van der Waals surface area contributed by atoms with Crippen LogP contribution in [0.15, 0.2) is 0 Å². The van der Waals surface area contributed by atoms with Gasteiger partial charge in [-0.25, -0.2) is 0 Å². The van der Waals surface area contributed by atoms with Crippen molar-refractivity contribution >= 4 is 19.0 Å². The molecule has 0 aromatic carbocycles. The first-order valence-electron chi connectivity index (χ1n) is 3.90. The van der Waals surface area contributed by atoms with Crippen molar-refractivity contribution in [3.05, 3.63) is 0 Å². The number of carbonyl (C=O) groups excluding carboxylic acids is 3. The van der Waals surface area contributed by atoms with Crippen molar-refractivity contribution in [1.82, 2.24) is 4.90 Å². The first-order valence-corrected chi connectivity index (χ1v) is 3.90. The molecule has 0 N–H and O–H groups in total. The molecular weight excluding hydrogens is 158 g/mol. The quantitative estimate of drug-likeness (QED) is 0.534. The highest BCUT2D eigenvalue weighted by Crippen LogP contribution is 2.17. The summed E-state index contributed by atoms with van der Waals surface area (Å²) >= 11 is 0. The van der Waals surface area contributed by atoms with Crippen LogP contribution in [0.3, 0.4) is 0 Å². The van der Waals surface area contributed by atoms with Crippen molar-refractivity contribution in [3.63, 3.8) is 0 Å². The van der Waals surface area contributed by atoms with Crippen LogP contribution >= 0.6 is 0 Å². The molecule has 1 heterocycles. The zero-order valence-electron chi connectivity index (χ0n) is 6.68. The minimum Gasteiger partial charge on any atom is -0.344 e. The summed E-state index contributed by atoms with van der Waals surface area (Å²) in [6, 6.07) is 0. The van der Waals surface area contributed by atoms with Gasteiger partial charge in [-0.15, -0.1) is 0 Å². The minimum absolute atomic E-state index is 0.167. The molecule has 0 aliphatic carbocycles. The lowest BCUT2D eigenvalue weighted by Gasteiger charge is -2.30. The van der Waals surface area contributed by atoms with Crippen LogP contribution in [-0.4, -0.2) is 37.0 Å². The van der Waals surface area contributed by atoms with E-state index in [2.05, 4.69) is 0 Å². The molecule has 2 atom stereocenters. The van der Waals surface area contributed by atoms with Gasteiger partial charge in [-0.05, 0) is 6.42 Å². The van der Waals surface area contributed by atoms with Crippen LogP contribution in [0.2, 0.25) is 0 Å². The van der Waals surface area contributed by atoms with Gasteiger partial charge < -0.3 is 14.5 Å². The van der Waals surface area contributed by atoms with E-state index in [0.29, 0.717) is 25.9 Å². The molecule has 1 rings (SSSR count). The van der Waals surface area contributed by atoms with Gasteiger partial charge in [0.25, 0.3) is 0 Å². The summed E-state index contributed by atoms with van der Waals surface area (Å²) in [6.45, 7) is 0.911. The maximum Gasteiger partial charge on any atom is 0.209 e. The fourth-order valence-corrected chi connectivity index (χ4v) is 1.50. The molecule has 1 fully saturated rings. The smallest absolute Gasteiger partial charge is 0.209 e. The van der Waals surface area contributed by atoms with Gasteiger partial charge in [0.1, 0.15) is 12.6 Å². The summed E-state index contributed by atoms with van der Waals surface area (Å²) in [6.07, 6.45) is 2.89. The number of aldehydes is 2. The van der Waals surface area contributed by atoms with Crippen molar-refractivity contribution < 1.29 is 14.4 Å². The van der Waals surface area contributed by atoms with Crippen LogP contribution < -0.4 is 0 Å². The normalized spacial score (nSPS) is 29.5. The summed E-state index contributed by atoms with van der Waals surface area (Å²) in [5, 5.41) is 0. The van der Waals surface area contributed by atoms with Crippen LogP contribution in [0.25, 0.3) is 0 Å². The highest BCUT2D eigenvalue weighted by Gasteiger charge is 2.25. The van der Waals surface area contributed by atoms with E-state index in [1.165, 1.54) is 4.90 Å². The Morgan fingerprint density at radius 2 is 1.50 bits per heavy atom. The van der Waals surface area contributed by atoms with Crippen molar-refractivity contribution in [1.29, 1.82) is 0 Å². The molecule has 4 heteroatoms. The van der Waals surface area contributed by atoms with E-state index in [0.717, 1.165) is 12.6 Å². The third-order valence-electron chi connectivity index (χ3n) is 2.08. The van der Waals surface area contributed by atoms with Gasteiger partial charge in [-0.1, -0.05) is 0 Å². The minimum atomic E-state index is -0.167. The molecular formula is C8H11NO3. The van der Waals surface area contributed by atoms with E-state index in [4.69, 9.17) is 0 Å². The number of nitrogens with zero attached hydrogens (tertiary/aromatic N) is 1. The summed E-state index contributed by atoms with van der Waals surface area (Å²) in [5.74, 6) is -0.335. The van der Waals surface area contributed by atoms with Crippen LogP contribution in [0, 0.1) is 11.8 Å². The monoisotopic (exact) mass is 169 g/mol. The molecule has 0 aromatic heterocycles. The predicted octanol–water partition coefficient (Wildman–Crippen LogP) is -0.521. The second-order valence-electron chi connectivity index (χ2n) is 3.09. The lowest BCUT2D eigenvalue weighted by molar-refractivity contribution is -0.124. The van der Waals surface area contributed by atoms with Crippen molar-refractivity contribution in [2.45, 2.75) is 6.42 Å². The van der Waals surface area contributed by atoms with Gasteiger partial charge in [0.15, 0.2) is 0 Å².